The van der Waals surface area contributed by atoms with Crippen LogP contribution < -0.4 is 0 Å². The first-order chi connectivity index (χ1) is 8.70. The second-order valence-corrected chi connectivity index (χ2v) is 5.87. The average Bonchev–Trinajstić information content (AvgIpc) is 2.39. The van der Waals surface area contributed by atoms with Gasteiger partial charge in [-0.2, -0.15) is 0 Å². The monoisotopic (exact) mass is 266 g/mol. The molecular formula is C14H22N2OS. The van der Waals surface area contributed by atoms with Crippen molar-refractivity contribution in [3.63, 3.8) is 0 Å². The fraction of sp³-hybridized carbons (Fsp3) is 0.643. The van der Waals surface area contributed by atoms with Crippen molar-refractivity contribution >= 4 is 11.8 Å². The average molecular weight is 266 g/mol. The summed E-state index contributed by atoms with van der Waals surface area (Å²) in [5, 5.41) is 1.10. The molecule has 1 aliphatic heterocycles. The van der Waals surface area contributed by atoms with Crippen LogP contribution >= 0.6 is 11.8 Å². The van der Waals surface area contributed by atoms with E-state index >= 15 is 0 Å². The third-order valence-corrected chi connectivity index (χ3v) is 3.90. The molecule has 100 valence electrons. The quantitative estimate of drug-likeness (QED) is 0.783. The zero-order valence-electron chi connectivity index (χ0n) is 11.5. The van der Waals surface area contributed by atoms with Crippen molar-refractivity contribution in [2.75, 3.05) is 33.6 Å². The van der Waals surface area contributed by atoms with Crippen LogP contribution in [-0.4, -0.2) is 43.4 Å². The van der Waals surface area contributed by atoms with Crippen molar-refractivity contribution < 1.29 is 4.74 Å². The Bertz CT molecular complexity index is 389. The zero-order chi connectivity index (χ0) is 13.0. The van der Waals surface area contributed by atoms with E-state index in [9.17, 15) is 0 Å². The number of pyridine rings is 1. The summed E-state index contributed by atoms with van der Waals surface area (Å²) in [4.78, 5) is 6.95. The van der Waals surface area contributed by atoms with E-state index < -0.39 is 0 Å². The summed E-state index contributed by atoms with van der Waals surface area (Å²) < 4.78 is 5.61. The van der Waals surface area contributed by atoms with Gasteiger partial charge in [0.25, 0.3) is 0 Å². The van der Waals surface area contributed by atoms with Crippen LogP contribution in [0.25, 0.3) is 0 Å². The number of rotatable bonds is 4. The molecule has 0 spiro atoms. The van der Waals surface area contributed by atoms with Crippen LogP contribution in [0.1, 0.15) is 30.0 Å². The van der Waals surface area contributed by atoms with Crippen molar-refractivity contribution in [2.45, 2.75) is 30.3 Å². The molecule has 1 fully saturated rings. The molecule has 0 bridgehead atoms. The van der Waals surface area contributed by atoms with Crippen LogP contribution in [0.3, 0.4) is 0 Å². The number of thioether (sulfide) groups is 1. The number of aromatic nitrogens is 1. The molecule has 2 heterocycles. The van der Waals surface area contributed by atoms with Crippen molar-refractivity contribution in [1.82, 2.24) is 9.88 Å². The minimum Gasteiger partial charge on any atom is -0.381 e. The van der Waals surface area contributed by atoms with Gasteiger partial charge in [0, 0.05) is 19.1 Å². The molecule has 1 aromatic rings. The van der Waals surface area contributed by atoms with Gasteiger partial charge in [-0.15, -0.1) is 11.8 Å². The highest BCUT2D eigenvalue weighted by Gasteiger charge is 2.20. The van der Waals surface area contributed by atoms with Gasteiger partial charge in [-0.1, -0.05) is 6.07 Å². The first-order valence-corrected chi connectivity index (χ1v) is 7.69. The fourth-order valence-corrected chi connectivity index (χ4v) is 2.80. The highest BCUT2D eigenvalue weighted by atomic mass is 32.2. The SMILES string of the molecule is CSc1ccc([C@@H]2CCCOC2)c(CN(C)C)n1. The first kappa shape index (κ1) is 13.8. The molecule has 0 aliphatic carbocycles. The molecule has 0 aromatic carbocycles. The number of hydrogen-bond donors (Lipinski definition) is 0. The van der Waals surface area contributed by atoms with Crippen LogP contribution in [0.15, 0.2) is 17.2 Å². The molecule has 2 rings (SSSR count). The molecule has 1 aromatic heterocycles. The maximum absolute atomic E-state index is 5.61. The summed E-state index contributed by atoms with van der Waals surface area (Å²) in [6.07, 6.45) is 4.46. The van der Waals surface area contributed by atoms with E-state index in [-0.39, 0.29) is 0 Å². The number of nitrogens with zero attached hydrogens (tertiary/aromatic N) is 2. The van der Waals surface area contributed by atoms with Gasteiger partial charge < -0.3 is 9.64 Å². The molecule has 0 saturated carbocycles. The Morgan fingerprint density at radius 3 is 2.89 bits per heavy atom. The Labute approximate surface area is 114 Å². The van der Waals surface area contributed by atoms with E-state index in [1.807, 2.05) is 0 Å². The fourth-order valence-electron chi connectivity index (χ4n) is 2.39. The smallest absolute Gasteiger partial charge is 0.0961 e. The lowest BCUT2D eigenvalue weighted by Gasteiger charge is -2.25. The Hall–Kier alpha value is -0.580. The van der Waals surface area contributed by atoms with E-state index in [0.717, 1.165) is 31.2 Å². The summed E-state index contributed by atoms with van der Waals surface area (Å²) in [5.74, 6) is 0.525. The summed E-state index contributed by atoms with van der Waals surface area (Å²) in [5.41, 5.74) is 2.59. The Morgan fingerprint density at radius 1 is 1.44 bits per heavy atom. The topological polar surface area (TPSA) is 25.4 Å². The Kier molecular flexibility index (Phi) is 5.03. The van der Waals surface area contributed by atoms with Gasteiger partial charge >= 0.3 is 0 Å². The van der Waals surface area contributed by atoms with E-state index in [4.69, 9.17) is 9.72 Å². The van der Waals surface area contributed by atoms with E-state index in [0.29, 0.717) is 5.92 Å². The summed E-state index contributed by atoms with van der Waals surface area (Å²) in [6.45, 7) is 2.66. The lowest BCUT2D eigenvalue weighted by Crippen LogP contribution is -2.20. The molecule has 1 atom stereocenters. The molecule has 0 amide bonds. The summed E-state index contributed by atoms with van der Waals surface area (Å²) >= 11 is 1.70. The number of ether oxygens (including phenoxy) is 1. The number of hydrogen-bond acceptors (Lipinski definition) is 4. The largest absolute Gasteiger partial charge is 0.381 e. The molecule has 0 N–H and O–H groups in total. The molecule has 4 heteroatoms. The minimum atomic E-state index is 0.525. The van der Waals surface area contributed by atoms with Gasteiger partial charge in [0.15, 0.2) is 0 Å². The molecule has 0 unspecified atom stereocenters. The van der Waals surface area contributed by atoms with Crippen LogP contribution in [0, 0.1) is 0 Å². The van der Waals surface area contributed by atoms with E-state index in [1.165, 1.54) is 17.7 Å². The van der Waals surface area contributed by atoms with Gasteiger partial charge in [-0.05, 0) is 44.8 Å². The highest BCUT2D eigenvalue weighted by molar-refractivity contribution is 7.98. The van der Waals surface area contributed by atoms with Gasteiger partial charge in [0.05, 0.1) is 17.3 Å². The maximum Gasteiger partial charge on any atom is 0.0961 e. The third-order valence-electron chi connectivity index (χ3n) is 3.26. The van der Waals surface area contributed by atoms with Crippen molar-refractivity contribution in [3.8, 4) is 0 Å². The van der Waals surface area contributed by atoms with Crippen LogP contribution in [0.2, 0.25) is 0 Å². The summed E-state index contributed by atoms with van der Waals surface area (Å²) in [6, 6.07) is 4.38. The zero-order valence-corrected chi connectivity index (χ0v) is 12.3. The highest BCUT2D eigenvalue weighted by Crippen LogP contribution is 2.29. The lowest BCUT2D eigenvalue weighted by atomic mass is 9.92. The van der Waals surface area contributed by atoms with Crippen LogP contribution in [0.4, 0.5) is 0 Å². The third kappa shape index (κ3) is 3.46. The standard InChI is InChI=1S/C14H22N2OS/c1-16(2)9-13-12(6-7-14(15-13)18-3)11-5-4-8-17-10-11/h6-7,11H,4-5,8-10H2,1-3H3/t11-/m1/s1. The first-order valence-electron chi connectivity index (χ1n) is 6.47. The molecule has 18 heavy (non-hydrogen) atoms. The van der Waals surface area contributed by atoms with Gasteiger partial charge in [0.1, 0.15) is 0 Å². The molecule has 0 radical (unpaired) electrons. The van der Waals surface area contributed by atoms with Crippen molar-refractivity contribution in [2.24, 2.45) is 0 Å². The van der Waals surface area contributed by atoms with Gasteiger partial charge in [-0.3, -0.25) is 0 Å². The Balaban J connectivity index is 2.25. The maximum atomic E-state index is 5.61. The second kappa shape index (κ2) is 6.55. The molecular weight excluding hydrogens is 244 g/mol. The molecule has 3 nitrogen and oxygen atoms in total. The molecule has 1 aliphatic rings. The predicted octanol–water partition coefficient (Wildman–Crippen LogP) is 2.76. The van der Waals surface area contributed by atoms with Crippen molar-refractivity contribution in [1.29, 1.82) is 0 Å². The minimum absolute atomic E-state index is 0.525. The normalized spacial score (nSPS) is 20.3. The van der Waals surface area contributed by atoms with Gasteiger partial charge in [-0.25, -0.2) is 4.98 Å². The second-order valence-electron chi connectivity index (χ2n) is 5.04. The Morgan fingerprint density at radius 2 is 2.28 bits per heavy atom. The summed E-state index contributed by atoms with van der Waals surface area (Å²) in [7, 11) is 4.18. The predicted molar refractivity (Wildman–Crippen MR) is 76.2 cm³/mol. The lowest BCUT2D eigenvalue weighted by molar-refractivity contribution is 0.0798. The van der Waals surface area contributed by atoms with Crippen LogP contribution in [-0.2, 0) is 11.3 Å². The van der Waals surface area contributed by atoms with E-state index in [1.54, 1.807) is 11.8 Å². The van der Waals surface area contributed by atoms with Crippen LogP contribution in [0.5, 0.6) is 0 Å². The van der Waals surface area contributed by atoms with Gasteiger partial charge in [0.2, 0.25) is 0 Å². The molecule has 1 saturated heterocycles. The van der Waals surface area contributed by atoms with Crippen molar-refractivity contribution in [3.05, 3.63) is 23.4 Å². The van der Waals surface area contributed by atoms with E-state index in [2.05, 4.69) is 37.4 Å².